The molecule has 0 aliphatic rings. The summed E-state index contributed by atoms with van der Waals surface area (Å²) in [6.07, 6.45) is 0. The minimum Gasteiger partial charge on any atom is -0.321 e. The Balaban J connectivity index is 2.18. The Morgan fingerprint density at radius 3 is 2.16 bits per heavy atom. The molecule has 134 valence electrons. The summed E-state index contributed by atoms with van der Waals surface area (Å²) in [5.41, 5.74) is 1.53. The molecule has 0 heterocycles. The zero-order valence-corrected chi connectivity index (χ0v) is 17.0. The van der Waals surface area contributed by atoms with Crippen LogP contribution in [0.4, 0.5) is 5.69 Å². The lowest BCUT2D eigenvalue weighted by atomic mass is 10.1. The third-order valence-electron chi connectivity index (χ3n) is 3.24. The molecule has 0 spiro atoms. The fourth-order valence-corrected chi connectivity index (χ4v) is 4.17. The highest BCUT2D eigenvalue weighted by atomic mass is 79.9. The molecule has 0 radical (unpaired) electrons. The Hall–Kier alpha value is -1.70. The monoisotopic (exact) mass is 424 g/mol. The van der Waals surface area contributed by atoms with Gasteiger partial charge in [-0.15, -0.1) is 0 Å². The summed E-state index contributed by atoms with van der Waals surface area (Å²) in [7, 11) is -3.62. The first-order valence-corrected chi connectivity index (χ1v) is 9.97. The predicted molar refractivity (Wildman–Crippen MR) is 103 cm³/mol. The van der Waals surface area contributed by atoms with Crippen LogP contribution in [0.5, 0.6) is 0 Å². The van der Waals surface area contributed by atoms with Gasteiger partial charge in [-0.1, -0.05) is 6.07 Å². The molecule has 5 nitrogen and oxygen atoms in total. The summed E-state index contributed by atoms with van der Waals surface area (Å²) >= 11 is 3.41. The average molecular weight is 425 g/mol. The Kier molecular flexibility index (Phi) is 5.71. The summed E-state index contributed by atoms with van der Waals surface area (Å²) in [5.74, 6) is -0.308. The van der Waals surface area contributed by atoms with Gasteiger partial charge in [0.05, 0.1) is 10.6 Å². The lowest BCUT2D eigenvalue weighted by Gasteiger charge is -2.20. The molecule has 0 bridgehead atoms. The van der Waals surface area contributed by atoms with E-state index in [4.69, 9.17) is 0 Å². The van der Waals surface area contributed by atoms with Crippen molar-refractivity contribution in [1.82, 2.24) is 4.72 Å². The number of hydrogen-bond donors (Lipinski definition) is 2. The smallest absolute Gasteiger partial charge is 0.255 e. The Labute approximate surface area is 157 Å². The van der Waals surface area contributed by atoms with Gasteiger partial charge in [0.1, 0.15) is 0 Å². The van der Waals surface area contributed by atoms with Crippen molar-refractivity contribution >= 4 is 37.5 Å². The molecule has 0 unspecified atom stereocenters. The maximum atomic E-state index is 12.3. The van der Waals surface area contributed by atoms with Gasteiger partial charge in [0.15, 0.2) is 0 Å². The van der Waals surface area contributed by atoms with Crippen molar-refractivity contribution in [3.8, 4) is 0 Å². The summed E-state index contributed by atoms with van der Waals surface area (Å²) in [5, 5.41) is 2.80. The van der Waals surface area contributed by atoms with E-state index < -0.39 is 15.6 Å². The first-order valence-electron chi connectivity index (χ1n) is 7.69. The van der Waals surface area contributed by atoms with Crippen molar-refractivity contribution in [2.24, 2.45) is 0 Å². The normalized spacial score (nSPS) is 12.0. The molecule has 0 aliphatic carbocycles. The van der Waals surface area contributed by atoms with E-state index in [-0.39, 0.29) is 10.8 Å². The highest BCUT2D eigenvalue weighted by Gasteiger charge is 2.22. The Bertz CT molecular complexity index is 886. The minimum absolute atomic E-state index is 0.121. The van der Waals surface area contributed by atoms with Crippen LogP contribution in [-0.4, -0.2) is 19.9 Å². The number of amides is 1. The fraction of sp³-hybridized carbons (Fsp3) is 0.278. The number of hydrogen-bond acceptors (Lipinski definition) is 3. The molecule has 2 aromatic rings. The quantitative estimate of drug-likeness (QED) is 0.775. The predicted octanol–water partition coefficient (Wildman–Crippen LogP) is 4.09. The molecule has 0 saturated carbocycles. The summed E-state index contributed by atoms with van der Waals surface area (Å²) in [6, 6.07) is 11.4. The van der Waals surface area contributed by atoms with Crippen molar-refractivity contribution in [2.75, 3.05) is 5.32 Å². The van der Waals surface area contributed by atoms with Crippen LogP contribution in [0.3, 0.4) is 0 Å². The second-order valence-corrected chi connectivity index (χ2v) is 9.35. The van der Waals surface area contributed by atoms with Gasteiger partial charge >= 0.3 is 0 Å². The van der Waals surface area contributed by atoms with Crippen LogP contribution in [0.2, 0.25) is 0 Å². The Morgan fingerprint density at radius 1 is 1.04 bits per heavy atom. The maximum absolute atomic E-state index is 12.3. The van der Waals surface area contributed by atoms with E-state index in [0.717, 1.165) is 10.0 Å². The lowest BCUT2D eigenvalue weighted by Crippen LogP contribution is -2.40. The van der Waals surface area contributed by atoms with Gasteiger partial charge in [-0.3, -0.25) is 4.79 Å². The highest BCUT2D eigenvalue weighted by molar-refractivity contribution is 9.10. The van der Waals surface area contributed by atoms with Crippen LogP contribution < -0.4 is 10.0 Å². The van der Waals surface area contributed by atoms with Crippen LogP contribution in [0.25, 0.3) is 0 Å². The van der Waals surface area contributed by atoms with E-state index in [1.165, 1.54) is 24.3 Å². The zero-order valence-electron chi connectivity index (χ0n) is 14.6. The molecule has 25 heavy (non-hydrogen) atoms. The molecule has 7 heteroatoms. The molecule has 1 amide bonds. The number of aryl methyl sites for hydroxylation is 1. The van der Waals surface area contributed by atoms with Crippen molar-refractivity contribution in [3.05, 3.63) is 58.1 Å². The van der Waals surface area contributed by atoms with Crippen LogP contribution in [0.15, 0.2) is 51.8 Å². The van der Waals surface area contributed by atoms with Crippen LogP contribution >= 0.6 is 15.9 Å². The van der Waals surface area contributed by atoms with Gasteiger partial charge in [0.2, 0.25) is 10.0 Å². The second-order valence-electron chi connectivity index (χ2n) is 6.82. The molecule has 0 aliphatic heterocycles. The van der Waals surface area contributed by atoms with E-state index in [0.29, 0.717) is 11.3 Å². The first kappa shape index (κ1) is 19.6. The van der Waals surface area contributed by atoms with E-state index in [1.807, 2.05) is 25.1 Å². The molecule has 0 atom stereocenters. The van der Waals surface area contributed by atoms with Crippen molar-refractivity contribution in [3.63, 3.8) is 0 Å². The number of halogens is 1. The van der Waals surface area contributed by atoms with Gasteiger partial charge in [-0.2, -0.15) is 0 Å². The number of sulfonamides is 1. The van der Waals surface area contributed by atoms with Crippen molar-refractivity contribution < 1.29 is 13.2 Å². The third kappa shape index (κ3) is 5.39. The number of benzene rings is 2. The summed E-state index contributed by atoms with van der Waals surface area (Å²) < 4.78 is 27.9. The van der Waals surface area contributed by atoms with E-state index in [1.54, 1.807) is 20.8 Å². The van der Waals surface area contributed by atoms with Gasteiger partial charge in [-0.25, -0.2) is 13.1 Å². The number of anilines is 1. The lowest BCUT2D eigenvalue weighted by molar-refractivity contribution is 0.102. The largest absolute Gasteiger partial charge is 0.321 e. The summed E-state index contributed by atoms with van der Waals surface area (Å²) in [4.78, 5) is 12.5. The van der Waals surface area contributed by atoms with Crippen LogP contribution in [0.1, 0.15) is 36.7 Å². The Morgan fingerprint density at radius 2 is 1.64 bits per heavy atom. The van der Waals surface area contributed by atoms with Gasteiger partial charge in [0.25, 0.3) is 5.91 Å². The molecule has 0 fully saturated rings. The van der Waals surface area contributed by atoms with Crippen LogP contribution in [-0.2, 0) is 10.0 Å². The van der Waals surface area contributed by atoms with Crippen molar-refractivity contribution in [1.29, 1.82) is 0 Å². The van der Waals surface area contributed by atoms with Gasteiger partial charge in [0, 0.05) is 15.6 Å². The first-order chi connectivity index (χ1) is 11.5. The van der Waals surface area contributed by atoms with E-state index in [9.17, 15) is 13.2 Å². The maximum Gasteiger partial charge on any atom is 0.255 e. The van der Waals surface area contributed by atoms with E-state index >= 15 is 0 Å². The number of carbonyl (C=O) groups excluding carboxylic acids is 1. The molecule has 0 aromatic heterocycles. The topological polar surface area (TPSA) is 75.3 Å². The minimum atomic E-state index is -3.62. The molecule has 2 aromatic carbocycles. The van der Waals surface area contributed by atoms with Gasteiger partial charge < -0.3 is 5.32 Å². The number of carbonyl (C=O) groups is 1. The van der Waals surface area contributed by atoms with Gasteiger partial charge in [-0.05, 0) is 85.6 Å². The third-order valence-corrected chi connectivity index (χ3v) is 5.67. The standard InChI is InChI=1S/C18H21BrN2O3S/c1-12-5-10-16(15(19)11-12)20-17(22)13-6-8-14(9-7-13)25(23,24)21-18(2,3)4/h5-11,21H,1-4H3,(H,20,22). The van der Waals surface area contributed by atoms with Crippen LogP contribution in [0, 0.1) is 6.92 Å². The zero-order chi connectivity index (χ0) is 18.8. The molecular weight excluding hydrogens is 404 g/mol. The number of nitrogens with one attached hydrogen (secondary N) is 2. The SMILES string of the molecule is Cc1ccc(NC(=O)c2ccc(S(=O)(=O)NC(C)(C)C)cc2)c(Br)c1. The molecule has 2 rings (SSSR count). The molecule has 0 saturated heterocycles. The molecular formula is C18H21BrN2O3S. The van der Waals surface area contributed by atoms with Crippen molar-refractivity contribution in [2.45, 2.75) is 38.1 Å². The summed E-state index contributed by atoms with van der Waals surface area (Å²) in [6.45, 7) is 7.27. The average Bonchev–Trinajstić information content (AvgIpc) is 2.48. The fourth-order valence-electron chi connectivity index (χ4n) is 2.16. The van der Waals surface area contributed by atoms with E-state index in [2.05, 4.69) is 26.0 Å². The second kappa shape index (κ2) is 7.27. The molecule has 2 N–H and O–H groups in total. The highest BCUT2D eigenvalue weighted by Crippen LogP contribution is 2.24. The number of rotatable bonds is 4.